The quantitative estimate of drug-likeness (QED) is 0.817. The summed E-state index contributed by atoms with van der Waals surface area (Å²) in [6, 6.07) is 2.09. The van der Waals surface area contributed by atoms with Crippen molar-refractivity contribution in [2.24, 2.45) is 0 Å². The Morgan fingerprint density at radius 1 is 1.14 bits per heavy atom. The summed E-state index contributed by atoms with van der Waals surface area (Å²) in [6.45, 7) is 9.23. The van der Waals surface area contributed by atoms with Gasteiger partial charge in [0.25, 0.3) is 0 Å². The van der Waals surface area contributed by atoms with E-state index in [1.54, 1.807) is 11.3 Å². The molecule has 0 saturated heterocycles. The number of hydrogen-bond donors (Lipinski definition) is 2. The van der Waals surface area contributed by atoms with E-state index in [4.69, 9.17) is 0 Å². The monoisotopic (exact) mass is 305 g/mol. The lowest BCUT2D eigenvalue weighted by atomic mass is 10.3. The maximum Gasteiger partial charge on any atom is 0.132 e. The van der Waals surface area contributed by atoms with E-state index in [1.807, 2.05) is 12.3 Å². The molecule has 6 heteroatoms. The molecule has 2 N–H and O–H groups in total. The molecule has 5 nitrogen and oxygen atoms in total. The van der Waals surface area contributed by atoms with Gasteiger partial charge in [0.05, 0.1) is 6.04 Å². The van der Waals surface area contributed by atoms with Crippen LogP contribution >= 0.6 is 11.3 Å². The number of nitrogens with zero attached hydrogens (tertiary/aromatic N) is 3. The second-order valence-electron chi connectivity index (χ2n) is 4.82. The average Bonchev–Trinajstić information content (AvgIpc) is 2.96. The molecular weight excluding hydrogens is 282 g/mol. The first-order valence-corrected chi connectivity index (χ1v) is 8.30. The molecule has 0 bridgehead atoms. The van der Waals surface area contributed by atoms with Crippen LogP contribution in [0, 0.1) is 0 Å². The maximum atomic E-state index is 4.54. The smallest absolute Gasteiger partial charge is 0.132 e. The van der Waals surface area contributed by atoms with Gasteiger partial charge >= 0.3 is 0 Å². The summed E-state index contributed by atoms with van der Waals surface area (Å²) in [6.07, 6.45) is 3.81. The molecule has 0 saturated carbocycles. The number of anilines is 2. The third kappa shape index (κ3) is 4.14. The van der Waals surface area contributed by atoms with Crippen molar-refractivity contribution in [1.82, 2.24) is 15.0 Å². The van der Waals surface area contributed by atoms with Crippen molar-refractivity contribution in [1.29, 1.82) is 0 Å². The topological polar surface area (TPSA) is 62.7 Å². The number of rotatable bonds is 7. The molecular formula is C15H23N5S. The molecule has 0 aliphatic heterocycles. The highest BCUT2D eigenvalue weighted by Crippen LogP contribution is 2.24. The van der Waals surface area contributed by atoms with Crippen LogP contribution in [0.25, 0.3) is 0 Å². The Morgan fingerprint density at radius 2 is 1.90 bits per heavy atom. The van der Waals surface area contributed by atoms with Crippen LogP contribution in [-0.4, -0.2) is 21.5 Å². The lowest BCUT2D eigenvalue weighted by Gasteiger charge is -2.14. The van der Waals surface area contributed by atoms with Gasteiger partial charge in [-0.15, -0.1) is 11.3 Å². The molecule has 21 heavy (non-hydrogen) atoms. The molecule has 0 spiro atoms. The standard InChI is InChI=1S/C15H23N5S/c1-5-11-9-17-15(21-11)10(4)18-14-8-13(16-7-3)19-12(6-2)20-14/h8-10H,5-7H2,1-4H3,(H2,16,18,19,20). The SMILES string of the molecule is CCNc1cc(NC(C)c2ncc(CC)s2)nc(CC)n1. The van der Waals surface area contributed by atoms with E-state index in [-0.39, 0.29) is 6.04 Å². The van der Waals surface area contributed by atoms with E-state index in [1.165, 1.54) is 4.88 Å². The molecule has 0 aromatic carbocycles. The Morgan fingerprint density at radius 3 is 2.52 bits per heavy atom. The van der Waals surface area contributed by atoms with Gasteiger partial charge in [0, 0.05) is 30.1 Å². The van der Waals surface area contributed by atoms with Gasteiger partial charge in [-0.1, -0.05) is 13.8 Å². The van der Waals surface area contributed by atoms with Gasteiger partial charge in [-0.3, -0.25) is 0 Å². The second kappa shape index (κ2) is 7.36. The van der Waals surface area contributed by atoms with Crippen molar-refractivity contribution in [3.63, 3.8) is 0 Å². The lowest BCUT2D eigenvalue weighted by Crippen LogP contribution is -2.11. The first-order valence-electron chi connectivity index (χ1n) is 7.49. The van der Waals surface area contributed by atoms with E-state index in [2.05, 4.69) is 53.3 Å². The Bertz CT molecular complexity index is 581. The van der Waals surface area contributed by atoms with Crippen LogP contribution in [-0.2, 0) is 12.8 Å². The van der Waals surface area contributed by atoms with Gasteiger partial charge in [-0.05, 0) is 20.3 Å². The highest BCUT2D eigenvalue weighted by molar-refractivity contribution is 7.11. The maximum absolute atomic E-state index is 4.54. The van der Waals surface area contributed by atoms with Crippen LogP contribution in [0.4, 0.5) is 11.6 Å². The predicted octanol–water partition coefficient (Wildman–Crippen LogP) is 3.66. The summed E-state index contributed by atoms with van der Waals surface area (Å²) >= 11 is 1.75. The molecule has 0 aliphatic carbocycles. The van der Waals surface area contributed by atoms with Crippen molar-refractivity contribution >= 4 is 23.0 Å². The fourth-order valence-electron chi connectivity index (χ4n) is 1.97. The van der Waals surface area contributed by atoms with Crippen LogP contribution < -0.4 is 10.6 Å². The molecule has 0 amide bonds. The summed E-state index contributed by atoms with van der Waals surface area (Å²) in [4.78, 5) is 14.8. The van der Waals surface area contributed by atoms with Crippen molar-refractivity contribution in [3.8, 4) is 0 Å². The Labute approximate surface area is 130 Å². The van der Waals surface area contributed by atoms with E-state index < -0.39 is 0 Å². The van der Waals surface area contributed by atoms with Crippen molar-refractivity contribution in [3.05, 3.63) is 28.0 Å². The van der Waals surface area contributed by atoms with Crippen LogP contribution in [0.15, 0.2) is 12.3 Å². The van der Waals surface area contributed by atoms with Gasteiger partial charge in [0.15, 0.2) is 0 Å². The molecule has 0 radical (unpaired) electrons. The molecule has 114 valence electrons. The fraction of sp³-hybridized carbons (Fsp3) is 0.533. The van der Waals surface area contributed by atoms with Crippen LogP contribution in [0.3, 0.4) is 0 Å². The lowest BCUT2D eigenvalue weighted by molar-refractivity contribution is 0.846. The van der Waals surface area contributed by atoms with Crippen LogP contribution in [0.5, 0.6) is 0 Å². The van der Waals surface area contributed by atoms with Gasteiger partial charge < -0.3 is 10.6 Å². The molecule has 2 aromatic rings. The molecule has 0 fully saturated rings. The Kier molecular flexibility index (Phi) is 5.50. The zero-order valence-corrected chi connectivity index (χ0v) is 13.9. The van der Waals surface area contributed by atoms with Crippen molar-refractivity contribution in [2.75, 3.05) is 17.2 Å². The van der Waals surface area contributed by atoms with E-state index in [9.17, 15) is 0 Å². The van der Waals surface area contributed by atoms with Crippen molar-refractivity contribution in [2.45, 2.75) is 46.6 Å². The summed E-state index contributed by atoms with van der Waals surface area (Å²) < 4.78 is 0. The minimum atomic E-state index is 0.143. The summed E-state index contributed by atoms with van der Waals surface area (Å²) in [7, 11) is 0. The zero-order valence-electron chi connectivity index (χ0n) is 13.1. The minimum absolute atomic E-state index is 0.143. The number of aryl methyl sites for hydroxylation is 2. The molecule has 1 unspecified atom stereocenters. The van der Waals surface area contributed by atoms with E-state index in [0.717, 1.165) is 41.9 Å². The molecule has 0 aliphatic rings. The normalized spacial score (nSPS) is 12.2. The molecule has 2 rings (SSSR count). The highest BCUT2D eigenvalue weighted by Gasteiger charge is 2.12. The first-order chi connectivity index (χ1) is 10.2. The van der Waals surface area contributed by atoms with Crippen LogP contribution in [0.2, 0.25) is 0 Å². The van der Waals surface area contributed by atoms with Gasteiger partial charge in [0.2, 0.25) is 0 Å². The summed E-state index contributed by atoms with van der Waals surface area (Å²) in [5.74, 6) is 2.56. The third-order valence-electron chi connectivity index (χ3n) is 3.10. The zero-order chi connectivity index (χ0) is 15.2. The first kappa shape index (κ1) is 15.7. The second-order valence-corrected chi connectivity index (χ2v) is 5.97. The van der Waals surface area contributed by atoms with Crippen molar-refractivity contribution < 1.29 is 0 Å². The molecule has 2 aromatic heterocycles. The Hall–Kier alpha value is -1.69. The van der Waals surface area contributed by atoms with Gasteiger partial charge in [-0.2, -0.15) is 0 Å². The van der Waals surface area contributed by atoms with Crippen LogP contribution in [0.1, 0.15) is 49.4 Å². The molecule has 2 heterocycles. The number of thiazole rings is 1. The van der Waals surface area contributed by atoms with Gasteiger partial charge in [-0.25, -0.2) is 15.0 Å². The Balaban J connectivity index is 2.15. The fourth-order valence-corrected chi connectivity index (χ4v) is 2.83. The number of aromatic nitrogens is 3. The van der Waals surface area contributed by atoms with Gasteiger partial charge in [0.1, 0.15) is 22.5 Å². The van der Waals surface area contributed by atoms with E-state index >= 15 is 0 Å². The highest BCUT2D eigenvalue weighted by atomic mass is 32.1. The number of nitrogens with one attached hydrogen (secondary N) is 2. The summed E-state index contributed by atoms with van der Waals surface area (Å²) in [5, 5.41) is 7.76. The summed E-state index contributed by atoms with van der Waals surface area (Å²) in [5.41, 5.74) is 0. The largest absolute Gasteiger partial charge is 0.370 e. The number of hydrogen-bond acceptors (Lipinski definition) is 6. The minimum Gasteiger partial charge on any atom is -0.370 e. The van der Waals surface area contributed by atoms with E-state index in [0.29, 0.717) is 0 Å². The average molecular weight is 305 g/mol. The predicted molar refractivity (Wildman–Crippen MR) is 89.1 cm³/mol. The third-order valence-corrected chi connectivity index (χ3v) is 4.43. The molecule has 1 atom stereocenters.